The van der Waals surface area contributed by atoms with Gasteiger partial charge in [0.1, 0.15) is 6.04 Å². The van der Waals surface area contributed by atoms with E-state index in [9.17, 15) is 24.4 Å². The lowest BCUT2D eigenvalue weighted by molar-refractivity contribution is -0.142. The summed E-state index contributed by atoms with van der Waals surface area (Å²) in [6.07, 6.45) is 1.98. The minimum atomic E-state index is -1.65. The number of nitrogens with one attached hydrogen (secondary N) is 2. The summed E-state index contributed by atoms with van der Waals surface area (Å²) in [5, 5.41) is 15.0. The summed E-state index contributed by atoms with van der Waals surface area (Å²) >= 11 is 0. The van der Waals surface area contributed by atoms with Gasteiger partial charge in [-0.25, -0.2) is 0 Å². The molecule has 0 bridgehead atoms. The van der Waals surface area contributed by atoms with Gasteiger partial charge in [0, 0.05) is 19.9 Å². The fourth-order valence-corrected chi connectivity index (χ4v) is 3.75. The highest BCUT2D eigenvalue weighted by Crippen LogP contribution is 2.32. The molecule has 11 heteroatoms. The fraction of sp³-hybridized carbons (Fsp3) is 0.750. The first-order valence-electron chi connectivity index (χ1n) is 10.6. The molecule has 0 aromatic carbocycles. The van der Waals surface area contributed by atoms with E-state index in [-0.39, 0.29) is 37.6 Å². The van der Waals surface area contributed by atoms with E-state index >= 15 is 0 Å². The van der Waals surface area contributed by atoms with Gasteiger partial charge in [-0.3, -0.25) is 19.2 Å². The average molecular weight is 438 g/mol. The SMILES string of the molecule is CC(=O)N[C@@H](CCCCN)C(=O)N[C@@H](C)C(=O)C1(C#N)CCCN1C(=O)CCC(N)N. The van der Waals surface area contributed by atoms with Crippen LogP contribution in [0.15, 0.2) is 0 Å². The summed E-state index contributed by atoms with van der Waals surface area (Å²) in [5.41, 5.74) is 14.8. The van der Waals surface area contributed by atoms with Crippen molar-refractivity contribution in [1.29, 1.82) is 5.26 Å². The van der Waals surface area contributed by atoms with Crippen molar-refractivity contribution in [2.75, 3.05) is 13.1 Å². The first-order chi connectivity index (χ1) is 14.6. The van der Waals surface area contributed by atoms with E-state index in [4.69, 9.17) is 17.2 Å². The zero-order valence-electron chi connectivity index (χ0n) is 18.4. The number of likely N-dealkylation sites (tertiary alicyclic amines) is 1. The first kappa shape index (κ1) is 26.5. The van der Waals surface area contributed by atoms with E-state index in [1.54, 1.807) is 0 Å². The van der Waals surface area contributed by atoms with E-state index in [0.29, 0.717) is 32.2 Å². The fourth-order valence-electron chi connectivity index (χ4n) is 3.75. The molecule has 8 N–H and O–H groups in total. The third-order valence-electron chi connectivity index (χ3n) is 5.36. The number of hydrogen-bond donors (Lipinski definition) is 5. The zero-order valence-corrected chi connectivity index (χ0v) is 18.4. The van der Waals surface area contributed by atoms with E-state index in [1.165, 1.54) is 18.7 Å². The largest absolute Gasteiger partial charge is 0.345 e. The molecule has 11 nitrogen and oxygen atoms in total. The number of nitrogens with two attached hydrogens (primary N) is 3. The molecule has 0 spiro atoms. The van der Waals surface area contributed by atoms with E-state index in [2.05, 4.69) is 10.6 Å². The van der Waals surface area contributed by atoms with Gasteiger partial charge in [0.2, 0.25) is 17.7 Å². The summed E-state index contributed by atoms with van der Waals surface area (Å²) in [4.78, 5) is 51.2. The summed E-state index contributed by atoms with van der Waals surface area (Å²) in [6.45, 7) is 3.51. The Hall–Kier alpha value is -2.55. The number of nitriles is 1. The Morgan fingerprint density at radius 1 is 1.16 bits per heavy atom. The molecule has 31 heavy (non-hydrogen) atoms. The van der Waals surface area contributed by atoms with Crippen LogP contribution in [0.3, 0.4) is 0 Å². The number of nitrogens with zero attached hydrogens (tertiary/aromatic N) is 2. The van der Waals surface area contributed by atoms with Gasteiger partial charge < -0.3 is 32.7 Å². The third kappa shape index (κ3) is 7.27. The summed E-state index contributed by atoms with van der Waals surface area (Å²) < 4.78 is 0. The number of carbonyl (C=O) groups excluding carboxylic acids is 4. The lowest BCUT2D eigenvalue weighted by Gasteiger charge is -2.33. The summed E-state index contributed by atoms with van der Waals surface area (Å²) in [5.74, 6) is -1.82. The average Bonchev–Trinajstić information content (AvgIpc) is 3.15. The highest BCUT2D eigenvalue weighted by Gasteiger charge is 2.51. The third-order valence-corrected chi connectivity index (χ3v) is 5.36. The standard InChI is InChI=1S/C20H35N7O4/c1-13(25-19(31)15(26-14(2)28)6-3-4-10-21)18(30)20(12-22)9-5-11-27(20)17(29)8-7-16(23)24/h13,15-16H,3-11,21,23-24H2,1-2H3,(H,25,31)(H,26,28)/t13-,15-,20?/m0/s1. The van der Waals surface area contributed by atoms with Gasteiger partial charge in [-0.05, 0) is 52.0 Å². The van der Waals surface area contributed by atoms with Crippen molar-refractivity contribution < 1.29 is 19.2 Å². The number of rotatable bonds is 12. The van der Waals surface area contributed by atoms with Crippen LogP contribution in [0, 0.1) is 11.3 Å². The number of hydrogen-bond acceptors (Lipinski definition) is 8. The van der Waals surface area contributed by atoms with Gasteiger partial charge in [-0.15, -0.1) is 0 Å². The Bertz CT molecular complexity index is 706. The molecule has 0 radical (unpaired) electrons. The smallest absolute Gasteiger partial charge is 0.243 e. The number of amides is 3. The van der Waals surface area contributed by atoms with Crippen LogP contribution >= 0.6 is 0 Å². The minimum Gasteiger partial charge on any atom is -0.345 e. The Morgan fingerprint density at radius 2 is 1.84 bits per heavy atom. The lowest BCUT2D eigenvalue weighted by atomic mass is 9.88. The predicted octanol–water partition coefficient (Wildman–Crippen LogP) is -1.40. The number of unbranched alkanes of at least 4 members (excludes halogenated alkanes) is 1. The maximum Gasteiger partial charge on any atom is 0.243 e. The van der Waals surface area contributed by atoms with Crippen molar-refractivity contribution in [3.63, 3.8) is 0 Å². The van der Waals surface area contributed by atoms with Crippen molar-refractivity contribution >= 4 is 23.5 Å². The van der Waals surface area contributed by atoms with Gasteiger partial charge in [0.15, 0.2) is 11.3 Å². The van der Waals surface area contributed by atoms with Crippen molar-refractivity contribution in [3.05, 3.63) is 0 Å². The molecule has 1 aliphatic rings. The van der Waals surface area contributed by atoms with Crippen LogP contribution in [0.25, 0.3) is 0 Å². The van der Waals surface area contributed by atoms with Gasteiger partial charge in [-0.2, -0.15) is 5.26 Å². The molecular weight excluding hydrogens is 402 g/mol. The lowest BCUT2D eigenvalue weighted by Crippen LogP contribution is -2.59. The molecule has 1 heterocycles. The highest BCUT2D eigenvalue weighted by atomic mass is 16.2. The molecule has 1 aliphatic heterocycles. The monoisotopic (exact) mass is 437 g/mol. The molecule has 0 saturated carbocycles. The molecule has 3 atom stereocenters. The topological polar surface area (TPSA) is 197 Å². The first-order valence-corrected chi connectivity index (χ1v) is 10.6. The Labute approximate surface area is 183 Å². The summed E-state index contributed by atoms with van der Waals surface area (Å²) in [7, 11) is 0. The van der Waals surface area contributed by atoms with Crippen LogP contribution in [0.5, 0.6) is 0 Å². The van der Waals surface area contributed by atoms with Gasteiger partial charge in [0.05, 0.1) is 18.3 Å². The normalized spacial score (nSPS) is 20.1. The van der Waals surface area contributed by atoms with E-state index in [1.807, 2.05) is 6.07 Å². The molecule has 0 aliphatic carbocycles. The maximum atomic E-state index is 13.2. The van der Waals surface area contributed by atoms with Crippen LogP contribution in [-0.4, -0.2) is 65.3 Å². The molecule has 174 valence electrons. The molecule has 1 rings (SSSR count). The molecular formula is C20H35N7O4. The molecule has 1 unspecified atom stereocenters. The second-order valence-electron chi connectivity index (χ2n) is 7.96. The zero-order chi connectivity index (χ0) is 23.6. The quantitative estimate of drug-likeness (QED) is 0.181. The Morgan fingerprint density at radius 3 is 2.39 bits per heavy atom. The minimum absolute atomic E-state index is 0.0286. The van der Waals surface area contributed by atoms with Crippen molar-refractivity contribution in [1.82, 2.24) is 15.5 Å². The Kier molecular flexibility index (Phi) is 10.5. The van der Waals surface area contributed by atoms with Gasteiger partial charge >= 0.3 is 0 Å². The van der Waals surface area contributed by atoms with Crippen LogP contribution in [0.2, 0.25) is 0 Å². The number of Topliss-reactive ketones (excluding diaryl/α,β-unsaturated/α-hetero) is 1. The predicted molar refractivity (Wildman–Crippen MR) is 114 cm³/mol. The second kappa shape index (κ2) is 12.3. The van der Waals surface area contributed by atoms with Gasteiger partial charge in [0.25, 0.3) is 0 Å². The number of carbonyl (C=O) groups is 4. The van der Waals surface area contributed by atoms with Crippen molar-refractivity contribution in [3.8, 4) is 6.07 Å². The maximum absolute atomic E-state index is 13.2. The van der Waals surface area contributed by atoms with Crippen molar-refractivity contribution in [2.45, 2.75) is 82.6 Å². The molecule has 1 fully saturated rings. The Balaban J connectivity index is 2.91. The van der Waals surface area contributed by atoms with E-state index < -0.39 is 35.5 Å². The van der Waals surface area contributed by atoms with Crippen LogP contribution in [0.4, 0.5) is 0 Å². The molecule has 1 saturated heterocycles. The van der Waals surface area contributed by atoms with Crippen molar-refractivity contribution in [2.24, 2.45) is 17.2 Å². The second-order valence-corrected chi connectivity index (χ2v) is 7.96. The molecule has 3 amide bonds. The molecule has 0 aromatic heterocycles. The highest BCUT2D eigenvalue weighted by molar-refractivity contribution is 6.01. The number of ketones is 1. The summed E-state index contributed by atoms with van der Waals surface area (Å²) in [6, 6.07) is 0.171. The molecule has 0 aromatic rings. The van der Waals surface area contributed by atoms with Crippen LogP contribution in [0.1, 0.15) is 58.8 Å². The van der Waals surface area contributed by atoms with Crippen LogP contribution < -0.4 is 27.8 Å². The van der Waals surface area contributed by atoms with Crippen LogP contribution in [-0.2, 0) is 19.2 Å². The van der Waals surface area contributed by atoms with Gasteiger partial charge in [-0.1, -0.05) is 0 Å². The van der Waals surface area contributed by atoms with E-state index in [0.717, 1.165) is 0 Å².